The van der Waals surface area contributed by atoms with E-state index in [1.54, 1.807) is 4.90 Å². The van der Waals surface area contributed by atoms with Crippen LogP contribution in [0.1, 0.15) is 23.2 Å². The number of nitrogens with one attached hydrogen (secondary N) is 1. The van der Waals surface area contributed by atoms with Crippen molar-refractivity contribution in [2.24, 2.45) is 0 Å². The zero-order valence-electron chi connectivity index (χ0n) is 17.1. The van der Waals surface area contributed by atoms with Crippen LogP contribution in [0.3, 0.4) is 0 Å². The van der Waals surface area contributed by atoms with Gasteiger partial charge in [0.25, 0.3) is 0 Å². The quantitative estimate of drug-likeness (QED) is 0.778. The molecule has 1 aliphatic heterocycles. The predicted octanol–water partition coefficient (Wildman–Crippen LogP) is 2.80. The maximum atomic E-state index is 14.8. The fourth-order valence-corrected chi connectivity index (χ4v) is 4.01. The summed E-state index contributed by atoms with van der Waals surface area (Å²) in [6.07, 6.45) is 0.366. The zero-order valence-corrected chi connectivity index (χ0v) is 17.1. The Labute approximate surface area is 179 Å². The Morgan fingerprint density at radius 2 is 1.94 bits per heavy atom. The van der Waals surface area contributed by atoms with E-state index in [0.29, 0.717) is 45.4 Å². The first-order chi connectivity index (χ1) is 15.0. The Hall–Kier alpha value is -3.36. The summed E-state index contributed by atoms with van der Waals surface area (Å²) < 4.78 is 20.0. The molecule has 1 aromatic carbocycles. The molecule has 0 saturated carbocycles. The van der Waals surface area contributed by atoms with E-state index >= 15 is 0 Å². The van der Waals surface area contributed by atoms with E-state index in [9.17, 15) is 14.0 Å². The second kappa shape index (κ2) is 9.20. The summed E-state index contributed by atoms with van der Waals surface area (Å²) in [5.41, 5.74) is 2.52. The molecule has 2 aromatic rings. The molecule has 1 atom stereocenters. The summed E-state index contributed by atoms with van der Waals surface area (Å²) in [5, 5.41) is 11.9. The number of carbonyl (C=O) groups excluding carboxylic acids is 1. The van der Waals surface area contributed by atoms with Crippen LogP contribution >= 0.6 is 0 Å². The average molecular weight is 428 g/mol. The normalized spacial score (nSPS) is 18.3. The maximum absolute atomic E-state index is 14.8. The summed E-state index contributed by atoms with van der Waals surface area (Å²) >= 11 is 0. The number of carbonyl (C=O) groups is 2. The second-order valence-electron chi connectivity index (χ2n) is 7.80. The van der Waals surface area contributed by atoms with Gasteiger partial charge in [0.2, 0.25) is 0 Å². The molecule has 0 radical (unpaired) electrons. The SMILES string of the molecule is O=C(N[C@H]1CCc2nc(N3CCN(C(=O)O)CC3)c(F)cc2C1)OCc1ccccc1. The summed E-state index contributed by atoms with van der Waals surface area (Å²) in [5.74, 6) is -0.146. The highest BCUT2D eigenvalue weighted by molar-refractivity contribution is 5.68. The van der Waals surface area contributed by atoms with Crippen molar-refractivity contribution in [3.05, 3.63) is 59.0 Å². The Morgan fingerprint density at radius 3 is 2.65 bits per heavy atom. The largest absolute Gasteiger partial charge is 0.465 e. The van der Waals surface area contributed by atoms with Gasteiger partial charge in [-0.05, 0) is 36.5 Å². The zero-order chi connectivity index (χ0) is 21.8. The van der Waals surface area contributed by atoms with Gasteiger partial charge in [0.05, 0.1) is 0 Å². The Balaban J connectivity index is 1.34. The van der Waals surface area contributed by atoms with Crippen LogP contribution in [0.25, 0.3) is 0 Å². The smallest absolute Gasteiger partial charge is 0.407 e. The molecule has 4 rings (SSSR count). The lowest BCUT2D eigenvalue weighted by Gasteiger charge is -2.34. The minimum atomic E-state index is -0.959. The third kappa shape index (κ3) is 5.04. The van der Waals surface area contributed by atoms with Crippen molar-refractivity contribution in [1.82, 2.24) is 15.2 Å². The lowest BCUT2D eigenvalue weighted by molar-refractivity contribution is 0.134. The lowest BCUT2D eigenvalue weighted by atomic mass is 9.91. The number of halogens is 1. The highest BCUT2D eigenvalue weighted by Gasteiger charge is 2.27. The van der Waals surface area contributed by atoms with E-state index in [0.717, 1.165) is 16.8 Å². The number of aromatic nitrogens is 1. The van der Waals surface area contributed by atoms with Crippen LogP contribution in [-0.2, 0) is 24.2 Å². The van der Waals surface area contributed by atoms with Crippen molar-refractivity contribution in [3.63, 3.8) is 0 Å². The first-order valence-corrected chi connectivity index (χ1v) is 10.4. The number of alkyl carbamates (subject to hydrolysis) is 1. The van der Waals surface area contributed by atoms with Crippen LogP contribution in [-0.4, -0.2) is 59.4 Å². The molecule has 2 aliphatic rings. The van der Waals surface area contributed by atoms with E-state index in [1.165, 1.54) is 11.0 Å². The first kappa shape index (κ1) is 20.9. The van der Waals surface area contributed by atoms with Gasteiger partial charge in [0.1, 0.15) is 6.61 Å². The number of aryl methyl sites for hydroxylation is 1. The molecule has 9 heteroatoms. The number of piperazine rings is 1. The van der Waals surface area contributed by atoms with Crippen LogP contribution in [0.5, 0.6) is 0 Å². The van der Waals surface area contributed by atoms with Crippen LogP contribution < -0.4 is 10.2 Å². The number of rotatable bonds is 4. The minimum absolute atomic E-state index is 0.137. The Bertz CT molecular complexity index is 948. The molecule has 1 fully saturated rings. The standard InChI is InChI=1S/C22H25FN4O4/c23-18-13-16-12-17(24-21(28)31-14-15-4-2-1-3-5-15)6-7-19(16)25-20(18)26-8-10-27(11-9-26)22(29)30/h1-5,13,17H,6-12,14H2,(H,24,28)(H,29,30)/t17-/m0/s1. The summed E-state index contributed by atoms with van der Waals surface area (Å²) in [6, 6.07) is 10.8. The van der Waals surface area contributed by atoms with Gasteiger partial charge in [-0.3, -0.25) is 0 Å². The topological polar surface area (TPSA) is 95.0 Å². The van der Waals surface area contributed by atoms with Crippen molar-refractivity contribution >= 4 is 18.0 Å². The van der Waals surface area contributed by atoms with Gasteiger partial charge < -0.3 is 25.0 Å². The summed E-state index contributed by atoms with van der Waals surface area (Å²) in [4.78, 5) is 30.8. The van der Waals surface area contributed by atoms with Gasteiger partial charge in [0, 0.05) is 37.9 Å². The van der Waals surface area contributed by atoms with E-state index < -0.39 is 18.0 Å². The van der Waals surface area contributed by atoms with E-state index in [1.807, 2.05) is 30.3 Å². The van der Waals surface area contributed by atoms with Gasteiger partial charge in [-0.15, -0.1) is 0 Å². The Morgan fingerprint density at radius 1 is 1.19 bits per heavy atom. The minimum Gasteiger partial charge on any atom is -0.465 e. The molecule has 1 aliphatic carbocycles. The van der Waals surface area contributed by atoms with Crippen molar-refractivity contribution in [2.75, 3.05) is 31.1 Å². The van der Waals surface area contributed by atoms with Crippen molar-refractivity contribution in [1.29, 1.82) is 0 Å². The number of carboxylic acid groups (broad SMARTS) is 1. The predicted molar refractivity (Wildman–Crippen MR) is 112 cm³/mol. The highest BCUT2D eigenvalue weighted by atomic mass is 19.1. The maximum Gasteiger partial charge on any atom is 0.407 e. The molecular weight excluding hydrogens is 403 g/mol. The molecule has 1 saturated heterocycles. The van der Waals surface area contributed by atoms with Crippen LogP contribution in [0, 0.1) is 5.82 Å². The molecule has 8 nitrogen and oxygen atoms in total. The molecule has 0 unspecified atom stereocenters. The number of hydrogen-bond acceptors (Lipinski definition) is 5. The number of pyridine rings is 1. The molecule has 1 aromatic heterocycles. The van der Waals surface area contributed by atoms with Crippen LogP contribution in [0.15, 0.2) is 36.4 Å². The van der Waals surface area contributed by atoms with Crippen LogP contribution in [0.4, 0.5) is 19.8 Å². The number of anilines is 1. The molecule has 31 heavy (non-hydrogen) atoms. The van der Waals surface area contributed by atoms with Crippen LogP contribution in [0.2, 0.25) is 0 Å². The molecule has 2 N–H and O–H groups in total. The third-order valence-corrected chi connectivity index (χ3v) is 5.71. The second-order valence-corrected chi connectivity index (χ2v) is 7.80. The van der Waals surface area contributed by atoms with Crippen molar-refractivity contribution in [3.8, 4) is 0 Å². The number of hydrogen-bond donors (Lipinski definition) is 2. The first-order valence-electron chi connectivity index (χ1n) is 10.4. The molecule has 0 bridgehead atoms. The molecule has 164 valence electrons. The Kier molecular flexibility index (Phi) is 6.20. The number of benzene rings is 1. The lowest BCUT2D eigenvalue weighted by Crippen LogP contribution is -2.49. The summed E-state index contributed by atoms with van der Waals surface area (Å²) in [7, 11) is 0. The molecule has 2 heterocycles. The fourth-order valence-electron chi connectivity index (χ4n) is 4.01. The summed E-state index contributed by atoms with van der Waals surface area (Å²) in [6.45, 7) is 1.67. The van der Waals surface area contributed by atoms with E-state index in [-0.39, 0.29) is 18.5 Å². The number of amides is 2. The number of nitrogens with zero attached hydrogens (tertiary/aromatic N) is 3. The molecular formula is C22H25FN4O4. The van der Waals surface area contributed by atoms with Gasteiger partial charge >= 0.3 is 12.2 Å². The fraction of sp³-hybridized carbons (Fsp3) is 0.409. The third-order valence-electron chi connectivity index (χ3n) is 5.71. The van der Waals surface area contributed by atoms with Gasteiger partial charge in [-0.1, -0.05) is 30.3 Å². The number of ether oxygens (including phenoxy) is 1. The van der Waals surface area contributed by atoms with E-state index in [4.69, 9.17) is 9.84 Å². The van der Waals surface area contributed by atoms with Crippen molar-refractivity contribution < 1.29 is 23.8 Å². The highest BCUT2D eigenvalue weighted by Crippen LogP contribution is 2.27. The molecule has 0 spiro atoms. The van der Waals surface area contributed by atoms with Gasteiger partial charge in [-0.2, -0.15) is 0 Å². The van der Waals surface area contributed by atoms with E-state index in [2.05, 4.69) is 10.3 Å². The average Bonchev–Trinajstić information content (AvgIpc) is 2.78. The van der Waals surface area contributed by atoms with Crippen molar-refractivity contribution in [2.45, 2.75) is 31.9 Å². The van der Waals surface area contributed by atoms with Gasteiger partial charge in [0.15, 0.2) is 11.6 Å². The molecule has 2 amide bonds. The number of fused-ring (bicyclic) bond motifs is 1. The monoisotopic (exact) mass is 428 g/mol. The van der Waals surface area contributed by atoms with Gasteiger partial charge in [-0.25, -0.2) is 19.0 Å².